The Balaban J connectivity index is 0.000000111. The van der Waals surface area contributed by atoms with Crippen molar-refractivity contribution in [2.45, 2.75) is 0 Å². The van der Waals surface area contributed by atoms with Crippen molar-refractivity contribution in [3.8, 4) is 111 Å². The molecule has 0 saturated carbocycles. The van der Waals surface area contributed by atoms with Crippen molar-refractivity contribution in [2.24, 2.45) is 0 Å². The highest BCUT2D eigenvalue weighted by molar-refractivity contribution is 6.25. The summed E-state index contributed by atoms with van der Waals surface area (Å²) in [5, 5.41) is 23.0. The zero-order valence-corrected chi connectivity index (χ0v) is 62.9. The van der Waals surface area contributed by atoms with Crippen LogP contribution in [0.5, 0.6) is 0 Å². The minimum absolute atomic E-state index is 1.22. The van der Waals surface area contributed by atoms with E-state index in [1.54, 1.807) is 0 Å². The van der Waals surface area contributed by atoms with Gasteiger partial charge in [0.1, 0.15) is 0 Å². The molecule has 0 nitrogen and oxygen atoms in total. The Morgan fingerprint density at radius 3 is 0.711 bits per heavy atom. The molecule has 0 aliphatic carbocycles. The van der Waals surface area contributed by atoms with Crippen molar-refractivity contribution in [1.29, 1.82) is 0 Å². The van der Waals surface area contributed by atoms with Crippen molar-refractivity contribution >= 4 is 97.0 Å². The Labute approximate surface area is 664 Å². The van der Waals surface area contributed by atoms with Gasteiger partial charge in [-0.15, -0.1) is 0 Å². The molecule has 532 valence electrons. The Hall–Kier alpha value is -14.8. The van der Waals surface area contributed by atoms with Crippen LogP contribution in [-0.2, 0) is 0 Å². The predicted octanol–water partition coefficient (Wildman–Crippen LogP) is 32.1. The SMILES string of the molecule is c1ccc(-c2c3ccccc3c(-c3cccc(-c4cc5ccccc5c5ccccc45)c3)c3ccccc23)cc1.c1ccc(-c2c3ccccc3c(-c3cccc(-c4ccc5ccccc5c4)c3)c3ccccc23)cc1.c1ccc(-c2cc(-c3ccccc3)cc(-c3c4ccccc4c(-c4ccccc4)c4ccccc34)c2)cc1. The highest BCUT2D eigenvalue weighted by Gasteiger charge is 2.22. The zero-order chi connectivity index (χ0) is 75.7. The molecule has 0 spiro atoms. The van der Waals surface area contributed by atoms with Gasteiger partial charge in [0, 0.05) is 0 Å². The summed E-state index contributed by atoms with van der Waals surface area (Å²) in [4.78, 5) is 0. The van der Waals surface area contributed by atoms with E-state index in [1.807, 2.05) is 0 Å². The number of hydrogen-bond acceptors (Lipinski definition) is 0. The van der Waals surface area contributed by atoms with Gasteiger partial charge in [-0.3, -0.25) is 0 Å². The van der Waals surface area contributed by atoms with Crippen LogP contribution < -0.4 is 0 Å². The van der Waals surface area contributed by atoms with E-state index in [0.29, 0.717) is 0 Å². The Morgan fingerprint density at radius 2 is 0.325 bits per heavy atom. The van der Waals surface area contributed by atoms with Crippen molar-refractivity contribution in [3.05, 3.63) is 461 Å². The third-order valence-electron chi connectivity index (χ3n) is 22.9. The highest BCUT2D eigenvalue weighted by Crippen LogP contribution is 2.49. The number of hydrogen-bond donors (Lipinski definition) is 0. The Morgan fingerprint density at radius 1 is 0.0877 bits per heavy atom. The van der Waals surface area contributed by atoms with Gasteiger partial charge in [-0.25, -0.2) is 0 Å². The van der Waals surface area contributed by atoms with Gasteiger partial charge >= 0.3 is 0 Å². The van der Waals surface area contributed by atoms with Crippen LogP contribution in [0, 0.1) is 0 Å². The average Bonchev–Trinajstić information content (AvgIpc) is 0.742. The summed E-state index contributed by atoms with van der Waals surface area (Å²) in [5.74, 6) is 0. The molecular weight excluding hydrogens is 1370 g/mol. The Kier molecular flexibility index (Phi) is 18.1. The molecule has 0 aromatic heterocycles. The fourth-order valence-corrected chi connectivity index (χ4v) is 17.8. The minimum Gasteiger partial charge on any atom is -0.0622 e. The molecule has 0 aliphatic heterocycles. The first-order valence-corrected chi connectivity index (χ1v) is 39.4. The van der Waals surface area contributed by atoms with Crippen molar-refractivity contribution in [2.75, 3.05) is 0 Å². The first kappa shape index (κ1) is 68.5. The standard InChI is InChI=1S/C40H26.C38H26.C36H24/c1-2-13-27(14-3-1)39-34-21-8-10-23-36(34)40(37-24-11-9-22-35(37)39)30-17-12-16-28(25-30)38-26-29-15-4-5-18-31(29)32-19-6-7-20-33(32)38;1-4-14-27(15-5-1)30-24-31(28-16-6-2-7-17-28)26-32(25-30)38-35-22-12-10-20-33(35)37(29-18-8-3-9-19-29)34-21-11-13-23-36(34)38;1-2-12-26(13-3-1)35-31-17-6-8-19-33(31)36(34-20-9-7-18-32(34)35)30-16-10-15-28(24-30)29-22-21-25-11-4-5-14-27(25)23-29/h1-26H;1-26H;1-24H. The summed E-state index contributed by atoms with van der Waals surface area (Å²) in [6, 6.07) is 167. The van der Waals surface area contributed by atoms with Crippen molar-refractivity contribution in [1.82, 2.24) is 0 Å². The van der Waals surface area contributed by atoms with E-state index in [0.717, 1.165) is 0 Å². The van der Waals surface area contributed by atoms with Gasteiger partial charge in [-0.05, 0) is 251 Å². The van der Waals surface area contributed by atoms with Gasteiger partial charge in [0.25, 0.3) is 0 Å². The van der Waals surface area contributed by atoms with Gasteiger partial charge in [0.2, 0.25) is 0 Å². The lowest BCUT2D eigenvalue weighted by atomic mass is 9.84. The molecule has 0 N–H and O–H groups in total. The lowest BCUT2D eigenvalue weighted by Crippen LogP contribution is -1.92. The number of fused-ring (bicyclic) bond motifs is 10. The summed E-state index contributed by atoms with van der Waals surface area (Å²) in [6.07, 6.45) is 0. The van der Waals surface area contributed by atoms with E-state index in [-0.39, 0.29) is 0 Å². The third-order valence-corrected chi connectivity index (χ3v) is 22.9. The average molecular weight is 1450 g/mol. The fraction of sp³-hybridized carbons (Fsp3) is 0. The second-order valence-electron chi connectivity index (χ2n) is 29.6. The van der Waals surface area contributed by atoms with Crippen LogP contribution in [0.2, 0.25) is 0 Å². The quantitative estimate of drug-likeness (QED) is 0.0946. The minimum atomic E-state index is 1.22. The van der Waals surface area contributed by atoms with Crippen LogP contribution in [0.4, 0.5) is 0 Å². The van der Waals surface area contributed by atoms with Crippen LogP contribution in [0.1, 0.15) is 0 Å². The van der Waals surface area contributed by atoms with E-state index >= 15 is 0 Å². The summed E-state index contributed by atoms with van der Waals surface area (Å²) < 4.78 is 0. The summed E-state index contributed by atoms with van der Waals surface area (Å²) in [6.45, 7) is 0. The second kappa shape index (κ2) is 30.2. The molecule has 0 bridgehead atoms. The normalized spacial score (nSPS) is 11.3. The largest absolute Gasteiger partial charge is 0.0622 e. The molecular formula is C114H76. The highest BCUT2D eigenvalue weighted by atomic mass is 14.3. The first-order valence-electron chi connectivity index (χ1n) is 39.4. The second-order valence-corrected chi connectivity index (χ2v) is 29.6. The fourth-order valence-electron chi connectivity index (χ4n) is 17.8. The van der Waals surface area contributed by atoms with E-state index in [1.165, 1.54) is 208 Å². The van der Waals surface area contributed by atoms with Crippen LogP contribution >= 0.6 is 0 Å². The van der Waals surface area contributed by atoms with E-state index < -0.39 is 0 Å². The molecule has 0 aliphatic rings. The smallest absolute Gasteiger partial charge is 0.00259 e. The molecule has 0 heterocycles. The molecule has 0 atom stereocenters. The van der Waals surface area contributed by atoms with Gasteiger partial charge in [-0.1, -0.05) is 419 Å². The molecule has 22 rings (SSSR count). The van der Waals surface area contributed by atoms with Crippen molar-refractivity contribution in [3.63, 3.8) is 0 Å². The van der Waals surface area contributed by atoms with E-state index in [9.17, 15) is 0 Å². The number of benzene rings is 22. The number of rotatable bonds is 10. The summed E-state index contributed by atoms with van der Waals surface area (Å²) in [7, 11) is 0. The molecule has 22 aromatic rings. The maximum atomic E-state index is 2.38. The molecule has 22 aromatic carbocycles. The summed E-state index contributed by atoms with van der Waals surface area (Å²) >= 11 is 0. The van der Waals surface area contributed by atoms with Crippen molar-refractivity contribution < 1.29 is 0 Å². The lowest BCUT2D eigenvalue weighted by Gasteiger charge is -2.19. The molecule has 0 radical (unpaired) electrons. The topological polar surface area (TPSA) is 0 Å². The van der Waals surface area contributed by atoms with Crippen LogP contribution in [0.3, 0.4) is 0 Å². The maximum Gasteiger partial charge on any atom is -0.00259 e. The molecule has 0 unspecified atom stereocenters. The van der Waals surface area contributed by atoms with Gasteiger partial charge in [0.05, 0.1) is 0 Å². The zero-order valence-electron chi connectivity index (χ0n) is 62.9. The summed E-state index contributed by atoms with van der Waals surface area (Å²) in [5.41, 5.74) is 25.1. The van der Waals surface area contributed by atoms with Gasteiger partial charge < -0.3 is 0 Å². The monoisotopic (exact) mass is 1440 g/mol. The van der Waals surface area contributed by atoms with Gasteiger partial charge in [-0.2, -0.15) is 0 Å². The molecule has 0 heteroatoms. The molecule has 0 amide bonds. The molecule has 114 heavy (non-hydrogen) atoms. The van der Waals surface area contributed by atoms with E-state index in [4.69, 9.17) is 0 Å². The van der Waals surface area contributed by atoms with Crippen LogP contribution in [0.25, 0.3) is 208 Å². The van der Waals surface area contributed by atoms with Crippen LogP contribution in [0.15, 0.2) is 461 Å². The van der Waals surface area contributed by atoms with E-state index in [2.05, 4.69) is 461 Å². The lowest BCUT2D eigenvalue weighted by molar-refractivity contribution is 1.58. The molecule has 0 saturated heterocycles. The third kappa shape index (κ3) is 12.8. The molecule has 0 fully saturated rings. The predicted molar refractivity (Wildman–Crippen MR) is 491 cm³/mol. The van der Waals surface area contributed by atoms with Gasteiger partial charge in [0.15, 0.2) is 0 Å². The Bertz CT molecular complexity index is 7140. The first-order chi connectivity index (χ1) is 56.6. The van der Waals surface area contributed by atoms with Crippen LogP contribution in [-0.4, -0.2) is 0 Å². The maximum absolute atomic E-state index is 2.38.